The Hall–Kier alpha value is -3.39. The maximum atomic E-state index is 12.9. The zero-order valence-electron chi connectivity index (χ0n) is 14.8. The fourth-order valence-corrected chi connectivity index (χ4v) is 2.59. The first-order chi connectivity index (χ1) is 13.1. The van der Waals surface area contributed by atoms with Crippen molar-refractivity contribution in [2.45, 2.75) is 0 Å². The molecule has 0 radical (unpaired) electrons. The van der Waals surface area contributed by atoms with E-state index in [1.54, 1.807) is 55.9 Å². The van der Waals surface area contributed by atoms with E-state index in [2.05, 4.69) is 10.3 Å². The average molecular weight is 368 g/mol. The van der Waals surface area contributed by atoms with Crippen LogP contribution in [0.15, 0.2) is 48.5 Å². The predicted octanol–water partition coefficient (Wildman–Crippen LogP) is 1.19. The Labute approximate surface area is 156 Å². The topological polar surface area (TPSA) is 107 Å². The van der Waals surface area contributed by atoms with E-state index in [-0.39, 0.29) is 18.2 Å². The summed E-state index contributed by atoms with van der Waals surface area (Å²) < 4.78 is 10.7. The highest BCUT2D eigenvalue weighted by Gasteiger charge is 2.31. The quantitative estimate of drug-likeness (QED) is 0.451. The third-order valence-corrected chi connectivity index (χ3v) is 3.88. The number of nitrogens with two attached hydrogens (primary N) is 1. The van der Waals surface area contributed by atoms with Crippen LogP contribution >= 0.6 is 0 Å². The van der Waals surface area contributed by atoms with Gasteiger partial charge in [-0.3, -0.25) is 19.5 Å². The van der Waals surface area contributed by atoms with Crippen LogP contribution < -0.4 is 20.7 Å². The van der Waals surface area contributed by atoms with Crippen LogP contribution in [0.2, 0.25) is 0 Å². The van der Waals surface area contributed by atoms with Gasteiger partial charge in [0.1, 0.15) is 6.54 Å². The van der Waals surface area contributed by atoms with Crippen molar-refractivity contribution in [3.8, 4) is 5.75 Å². The van der Waals surface area contributed by atoms with E-state index >= 15 is 0 Å². The summed E-state index contributed by atoms with van der Waals surface area (Å²) in [5, 5.41) is 2.71. The number of aromatic nitrogens is 1. The van der Waals surface area contributed by atoms with E-state index in [1.165, 1.54) is 4.90 Å². The van der Waals surface area contributed by atoms with Gasteiger partial charge in [-0.2, -0.15) is 0 Å². The molecular weight excluding hydrogens is 348 g/mol. The van der Waals surface area contributed by atoms with Gasteiger partial charge in [0.25, 0.3) is 5.91 Å². The van der Waals surface area contributed by atoms with Gasteiger partial charge >= 0.3 is 0 Å². The lowest BCUT2D eigenvalue weighted by Gasteiger charge is -2.30. The fraction of sp³-hybridized carbons (Fsp3) is 0.211. The van der Waals surface area contributed by atoms with E-state index in [4.69, 9.17) is 15.2 Å². The van der Waals surface area contributed by atoms with E-state index in [9.17, 15) is 9.59 Å². The van der Waals surface area contributed by atoms with Gasteiger partial charge in [0.2, 0.25) is 5.91 Å². The number of methoxy groups -OCH3 is 1. The van der Waals surface area contributed by atoms with Crippen LogP contribution in [0.1, 0.15) is 5.56 Å². The molecule has 3 rings (SSSR count). The van der Waals surface area contributed by atoms with E-state index in [0.29, 0.717) is 30.3 Å². The molecule has 0 atom stereocenters. The second-order valence-corrected chi connectivity index (χ2v) is 5.85. The molecule has 8 nitrogen and oxygen atoms in total. The molecule has 3 N–H and O–H groups in total. The van der Waals surface area contributed by atoms with Gasteiger partial charge in [0.15, 0.2) is 11.5 Å². The minimum Gasteiger partial charge on any atom is -0.449 e. The van der Waals surface area contributed by atoms with Crippen LogP contribution in [0.4, 0.5) is 11.4 Å². The number of carbonyl (C=O) groups excluding carboxylic acids is 2. The highest BCUT2D eigenvalue weighted by molar-refractivity contribution is 6.12. The molecule has 0 fully saturated rings. The van der Waals surface area contributed by atoms with Crippen molar-refractivity contribution in [1.29, 1.82) is 0 Å². The second-order valence-electron chi connectivity index (χ2n) is 5.85. The van der Waals surface area contributed by atoms with Gasteiger partial charge in [-0.15, -0.1) is 0 Å². The highest BCUT2D eigenvalue weighted by Crippen LogP contribution is 2.37. The Bertz CT molecular complexity index is 867. The maximum Gasteiger partial charge on any atom is 0.294 e. The van der Waals surface area contributed by atoms with Crippen LogP contribution in [0.5, 0.6) is 5.75 Å². The average Bonchev–Trinajstić information content (AvgIpc) is 2.66. The molecule has 0 bridgehead atoms. The number of amides is 2. The first-order valence-corrected chi connectivity index (χ1v) is 8.35. The Balaban J connectivity index is 1.90. The first kappa shape index (κ1) is 18.4. The molecule has 1 aliphatic heterocycles. The molecule has 2 aromatic rings. The summed E-state index contributed by atoms with van der Waals surface area (Å²) in [5.41, 5.74) is 7.58. The van der Waals surface area contributed by atoms with E-state index in [1.807, 2.05) is 0 Å². The lowest BCUT2D eigenvalue weighted by Crippen LogP contribution is -2.44. The zero-order chi connectivity index (χ0) is 19.2. The summed E-state index contributed by atoms with van der Waals surface area (Å²) in [6.45, 7) is 0.613. The van der Waals surface area contributed by atoms with Crippen molar-refractivity contribution in [2.24, 2.45) is 0 Å². The van der Waals surface area contributed by atoms with E-state index < -0.39 is 5.91 Å². The number of nitrogens with one attached hydrogen (secondary N) is 1. The Morgan fingerprint density at radius 2 is 2.11 bits per heavy atom. The number of pyridine rings is 1. The molecule has 1 aromatic carbocycles. The Morgan fingerprint density at radius 3 is 2.85 bits per heavy atom. The summed E-state index contributed by atoms with van der Waals surface area (Å²) in [7, 11) is 1.55. The number of carbonyl (C=O) groups is 2. The van der Waals surface area contributed by atoms with Gasteiger partial charge in [0.05, 0.1) is 12.3 Å². The molecule has 0 unspecified atom stereocenters. The van der Waals surface area contributed by atoms with Crippen LogP contribution in [0.3, 0.4) is 0 Å². The number of nitrogens with zero attached hydrogens (tertiary/aromatic N) is 2. The molecule has 27 heavy (non-hydrogen) atoms. The van der Waals surface area contributed by atoms with Crippen molar-refractivity contribution in [1.82, 2.24) is 10.3 Å². The zero-order valence-corrected chi connectivity index (χ0v) is 14.8. The smallest absolute Gasteiger partial charge is 0.294 e. The normalized spacial score (nSPS) is 14.6. The summed E-state index contributed by atoms with van der Waals surface area (Å²) in [5.74, 6) is -0.192. The third kappa shape index (κ3) is 4.42. The molecule has 0 aliphatic carbocycles. The lowest BCUT2D eigenvalue weighted by molar-refractivity contribution is -0.123. The van der Waals surface area contributed by atoms with Crippen LogP contribution in [0, 0.1) is 0 Å². The minimum atomic E-state index is -0.411. The number of ether oxygens (including phenoxy) is 2. The molecular formula is C19H20N4O4. The third-order valence-electron chi connectivity index (χ3n) is 3.88. The maximum absolute atomic E-state index is 12.9. The van der Waals surface area contributed by atoms with Crippen LogP contribution in [0.25, 0.3) is 6.08 Å². The number of fused-ring (bicyclic) bond motifs is 1. The molecule has 0 saturated heterocycles. The largest absolute Gasteiger partial charge is 0.449 e. The molecule has 8 heteroatoms. The fourth-order valence-electron chi connectivity index (χ4n) is 2.59. The van der Waals surface area contributed by atoms with Crippen molar-refractivity contribution < 1.29 is 19.1 Å². The summed E-state index contributed by atoms with van der Waals surface area (Å²) in [6, 6.07) is 8.44. The van der Waals surface area contributed by atoms with Crippen molar-refractivity contribution in [2.75, 3.05) is 37.4 Å². The highest BCUT2D eigenvalue weighted by atomic mass is 16.5. The van der Waals surface area contributed by atoms with Gasteiger partial charge in [-0.25, -0.2) is 0 Å². The monoisotopic (exact) mass is 368 g/mol. The predicted molar refractivity (Wildman–Crippen MR) is 101 cm³/mol. The summed E-state index contributed by atoms with van der Waals surface area (Å²) in [4.78, 5) is 30.5. The molecule has 140 valence electrons. The van der Waals surface area contributed by atoms with Crippen molar-refractivity contribution in [3.05, 3.63) is 54.0 Å². The molecule has 2 heterocycles. The summed E-state index contributed by atoms with van der Waals surface area (Å²) in [6.07, 6.45) is 4.84. The van der Waals surface area contributed by atoms with Gasteiger partial charge < -0.3 is 20.5 Å². The van der Waals surface area contributed by atoms with Crippen LogP contribution in [-0.2, 0) is 14.3 Å². The number of hydrogen-bond donors (Lipinski definition) is 2. The minimum absolute atomic E-state index is 0.101. The number of rotatable bonds is 6. The Kier molecular flexibility index (Phi) is 5.68. The molecule has 2 amide bonds. The first-order valence-electron chi connectivity index (χ1n) is 8.35. The Morgan fingerprint density at radius 1 is 1.33 bits per heavy atom. The van der Waals surface area contributed by atoms with Gasteiger partial charge in [-0.05, 0) is 35.9 Å². The number of nitrogen functional groups attached to an aromatic ring is 1. The molecule has 0 saturated carbocycles. The second kappa shape index (κ2) is 8.33. The van der Waals surface area contributed by atoms with Gasteiger partial charge in [0, 0.05) is 37.8 Å². The molecule has 0 spiro atoms. The number of hydrogen-bond acceptors (Lipinski definition) is 6. The molecule has 1 aromatic heterocycles. The van der Waals surface area contributed by atoms with Crippen LogP contribution in [-0.4, -0.2) is 43.6 Å². The summed E-state index contributed by atoms with van der Waals surface area (Å²) >= 11 is 0. The van der Waals surface area contributed by atoms with Gasteiger partial charge in [-0.1, -0.05) is 0 Å². The standard InChI is InChI=1S/C19H20N4O4/c1-26-9-8-22-18(24)12-23-15-3-2-14(20)11-16(15)27-17(19(23)25)10-13-4-6-21-7-5-13/h2-7,10-11H,8-9,12,20H2,1H3,(H,22,24)/b17-10+. The van der Waals surface area contributed by atoms with Crippen molar-refractivity contribution >= 4 is 29.3 Å². The molecule has 1 aliphatic rings. The number of benzene rings is 1. The SMILES string of the molecule is COCCNC(=O)CN1C(=O)/C(=C\c2ccncc2)Oc2cc(N)ccc21. The van der Waals surface area contributed by atoms with E-state index in [0.717, 1.165) is 5.56 Å². The number of anilines is 2. The van der Waals surface area contributed by atoms with Crippen molar-refractivity contribution in [3.63, 3.8) is 0 Å². The lowest BCUT2D eigenvalue weighted by atomic mass is 10.1.